The van der Waals surface area contributed by atoms with Gasteiger partial charge < -0.3 is 10.2 Å². The van der Waals surface area contributed by atoms with Gasteiger partial charge in [0.25, 0.3) is 0 Å². The SMILES string of the molecule is CCNS(=O)(=O)CCNC(C)c1ccc(N(C)C)cc1. The van der Waals surface area contributed by atoms with Crippen LogP contribution in [-0.2, 0) is 10.0 Å². The van der Waals surface area contributed by atoms with Crippen LogP contribution in [0, 0.1) is 0 Å². The maximum atomic E-state index is 11.5. The normalized spacial score (nSPS) is 13.2. The lowest BCUT2D eigenvalue weighted by Gasteiger charge is -2.17. The smallest absolute Gasteiger partial charge is 0.212 e. The van der Waals surface area contributed by atoms with Gasteiger partial charge in [-0.15, -0.1) is 0 Å². The van der Waals surface area contributed by atoms with Crippen molar-refractivity contribution in [2.45, 2.75) is 19.9 Å². The van der Waals surface area contributed by atoms with Crippen molar-refractivity contribution in [3.05, 3.63) is 29.8 Å². The van der Waals surface area contributed by atoms with Crippen molar-refractivity contribution < 1.29 is 8.42 Å². The zero-order chi connectivity index (χ0) is 15.2. The van der Waals surface area contributed by atoms with Gasteiger partial charge in [0.1, 0.15) is 0 Å². The second-order valence-corrected chi connectivity index (χ2v) is 6.90. The lowest BCUT2D eigenvalue weighted by atomic mass is 10.1. The van der Waals surface area contributed by atoms with Crippen LogP contribution in [0.15, 0.2) is 24.3 Å². The predicted octanol–water partition coefficient (Wildman–Crippen LogP) is 1.34. The summed E-state index contributed by atoms with van der Waals surface area (Å²) < 4.78 is 25.5. The van der Waals surface area contributed by atoms with Crippen molar-refractivity contribution in [1.29, 1.82) is 0 Å². The minimum Gasteiger partial charge on any atom is -0.378 e. The molecule has 0 aromatic heterocycles. The molecule has 20 heavy (non-hydrogen) atoms. The van der Waals surface area contributed by atoms with Crippen molar-refractivity contribution in [1.82, 2.24) is 10.0 Å². The molecular formula is C14H25N3O2S. The monoisotopic (exact) mass is 299 g/mol. The number of benzene rings is 1. The molecule has 0 spiro atoms. The van der Waals surface area contributed by atoms with Crippen molar-refractivity contribution in [2.24, 2.45) is 0 Å². The van der Waals surface area contributed by atoms with E-state index in [1.54, 1.807) is 6.92 Å². The quantitative estimate of drug-likeness (QED) is 0.760. The molecule has 5 nitrogen and oxygen atoms in total. The number of sulfonamides is 1. The molecule has 0 radical (unpaired) electrons. The van der Waals surface area contributed by atoms with E-state index in [0.29, 0.717) is 13.1 Å². The topological polar surface area (TPSA) is 61.4 Å². The van der Waals surface area contributed by atoms with Crippen LogP contribution in [0.5, 0.6) is 0 Å². The Bertz CT molecular complexity index is 498. The third-order valence-electron chi connectivity index (χ3n) is 3.10. The highest BCUT2D eigenvalue weighted by molar-refractivity contribution is 7.89. The largest absolute Gasteiger partial charge is 0.378 e. The van der Waals surface area contributed by atoms with E-state index in [-0.39, 0.29) is 11.8 Å². The lowest BCUT2D eigenvalue weighted by molar-refractivity contribution is 0.564. The minimum absolute atomic E-state index is 0.0982. The molecule has 0 fully saturated rings. The van der Waals surface area contributed by atoms with Crippen LogP contribution in [0.2, 0.25) is 0 Å². The van der Waals surface area contributed by atoms with E-state index in [1.807, 2.05) is 25.9 Å². The standard InChI is InChI=1S/C14H25N3O2S/c1-5-16-20(18,19)11-10-15-12(2)13-6-8-14(9-7-13)17(3)4/h6-9,12,15-16H,5,10-11H2,1-4H3. The first kappa shape index (κ1) is 16.9. The van der Waals surface area contributed by atoms with E-state index in [2.05, 4.69) is 34.3 Å². The Kier molecular flexibility index (Phi) is 6.45. The van der Waals surface area contributed by atoms with Gasteiger partial charge in [0, 0.05) is 38.9 Å². The number of nitrogens with zero attached hydrogens (tertiary/aromatic N) is 1. The summed E-state index contributed by atoms with van der Waals surface area (Å²) in [7, 11) is 0.858. The first-order valence-electron chi connectivity index (χ1n) is 6.83. The van der Waals surface area contributed by atoms with Gasteiger partial charge in [-0.05, 0) is 24.6 Å². The molecule has 0 aliphatic rings. The van der Waals surface area contributed by atoms with Crippen LogP contribution < -0.4 is 14.9 Å². The number of nitrogens with one attached hydrogen (secondary N) is 2. The van der Waals surface area contributed by atoms with Crippen LogP contribution in [-0.4, -0.2) is 41.4 Å². The Morgan fingerprint density at radius 3 is 2.30 bits per heavy atom. The molecule has 1 atom stereocenters. The van der Waals surface area contributed by atoms with Gasteiger partial charge in [-0.3, -0.25) is 0 Å². The molecule has 6 heteroatoms. The van der Waals surface area contributed by atoms with E-state index in [1.165, 1.54) is 0 Å². The van der Waals surface area contributed by atoms with Gasteiger partial charge in [-0.1, -0.05) is 19.1 Å². The van der Waals surface area contributed by atoms with Gasteiger partial charge in [0.15, 0.2) is 0 Å². The highest BCUT2D eigenvalue weighted by Gasteiger charge is 2.10. The molecule has 0 bridgehead atoms. The zero-order valence-corrected chi connectivity index (χ0v) is 13.5. The Labute approximate surface area is 122 Å². The molecule has 0 saturated carbocycles. The summed E-state index contributed by atoms with van der Waals surface area (Å²) >= 11 is 0. The fourth-order valence-corrected chi connectivity index (χ4v) is 2.85. The van der Waals surface area contributed by atoms with E-state index in [4.69, 9.17) is 0 Å². The van der Waals surface area contributed by atoms with Crippen LogP contribution >= 0.6 is 0 Å². The van der Waals surface area contributed by atoms with E-state index < -0.39 is 10.0 Å². The number of anilines is 1. The van der Waals surface area contributed by atoms with Gasteiger partial charge >= 0.3 is 0 Å². The average molecular weight is 299 g/mol. The maximum absolute atomic E-state index is 11.5. The molecule has 0 saturated heterocycles. The molecular weight excluding hydrogens is 274 g/mol. The molecule has 2 N–H and O–H groups in total. The van der Waals surface area contributed by atoms with Crippen molar-refractivity contribution in [3.8, 4) is 0 Å². The van der Waals surface area contributed by atoms with E-state index >= 15 is 0 Å². The Balaban J connectivity index is 2.49. The van der Waals surface area contributed by atoms with Gasteiger partial charge in [-0.25, -0.2) is 13.1 Å². The summed E-state index contributed by atoms with van der Waals surface area (Å²) in [5.41, 5.74) is 2.30. The van der Waals surface area contributed by atoms with E-state index in [9.17, 15) is 8.42 Å². The van der Waals surface area contributed by atoms with Crippen LogP contribution in [0.4, 0.5) is 5.69 Å². The highest BCUT2D eigenvalue weighted by atomic mass is 32.2. The Morgan fingerprint density at radius 1 is 1.20 bits per heavy atom. The fraction of sp³-hybridized carbons (Fsp3) is 0.571. The molecule has 0 heterocycles. The third kappa shape index (κ3) is 5.48. The summed E-state index contributed by atoms with van der Waals surface area (Å²) in [5.74, 6) is 0.0982. The summed E-state index contributed by atoms with van der Waals surface area (Å²) in [6.07, 6.45) is 0. The summed E-state index contributed by atoms with van der Waals surface area (Å²) in [6, 6.07) is 8.37. The van der Waals surface area contributed by atoms with Gasteiger partial charge in [0.2, 0.25) is 10.0 Å². The molecule has 0 amide bonds. The molecule has 1 unspecified atom stereocenters. The Morgan fingerprint density at radius 2 is 1.80 bits per heavy atom. The van der Waals surface area contributed by atoms with Crippen molar-refractivity contribution in [3.63, 3.8) is 0 Å². The molecule has 0 aliphatic carbocycles. The van der Waals surface area contributed by atoms with Crippen molar-refractivity contribution in [2.75, 3.05) is 37.8 Å². The third-order valence-corrected chi connectivity index (χ3v) is 4.57. The predicted molar refractivity (Wildman–Crippen MR) is 84.7 cm³/mol. The molecule has 1 aromatic rings. The number of rotatable bonds is 8. The first-order chi connectivity index (χ1) is 9.35. The summed E-state index contributed by atoms with van der Waals surface area (Å²) in [5, 5.41) is 3.23. The van der Waals surface area contributed by atoms with Gasteiger partial charge in [-0.2, -0.15) is 0 Å². The maximum Gasteiger partial charge on any atom is 0.212 e. The molecule has 0 aliphatic heterocycles. The molecule has 1 aromatic carbocycles. The number of hydrogen-bond acceptors (Lipinski definition) is 4. The fourth-order valence-electron chi connectivity index (χ4n) is 1.88. The second kappa shape index (κ2) is 7.61. The minimum atomic E-state index is -3.15. The number of hydrogen-bond donors (Lipinski definition) is 2. The Hall–Kier alpha value is -1.11. The highest BCUT2D eigenvalue weighted by Crippen LogP contribution is 2.17. The summed E-state index contributed by atoms with van der Waals surface area (Å²) in [4.78, 5) is 2.05. The first-order valence-corrected chi connectivity index (χ1v) is 8.49. The van der Waals surface area contributed by atoms with Crippen LogP contribution in [0.3, 0.4) is 0 Å². The van der Waals surface area contributed by atoms with E-state index in [0.717, 1.165) is 11.3 Å². The van der Waals surface area contributed by atoms with Gasteiger partial charge in [0.05, 0.1) is 5.75 Å². The lowest BCUT2D eigenvalue weighted by Crippen LogP contribution is -2.32. The van der Waals surface area contributed by atoms with Crippen LogP contribution in [0.25, 0.3) is 0 Å². The summed E-state index contributed by atoms with van der Waals surface area (Å²) in [6.45, 7) is 4.68. The average Bonchev–Trinajstić information content (AvgIpc) is 2.38. The molecule has 1 rings (SSSR count). The zero-order valence-electron chi connectivity index (χ0n) is 12.7. The second-order valence-electron chi connectivity index (χ2n) is 4.98. The molecule has 114 valence electrons. The van der Waals surface area contributed by atoms with Crippen LogP contribution in [0.1, 0.15) is 25.5 Å². The van der Waals surface area contributed by atoms with Crippen molar-refractivity contribution >= 4 is 15.7 Å².